The van der Waals surface area contributed by atoms with Crippen LogP contribution >= 0.6 is 11.6 Å². The van der Waals surface area contributed by atoms with Crippen LogP contribution in [0.2, 0.25) is 5.02 Å². The molecule has 0 saturated heterocycles. The summed E-state index contributed by atoms with van der Waals surface area (Å²) in [6.07, 6.45) is 0.759. The third-order valence-electron chi connectivity index (χ3n) is 4.80. The van der Waals surface area contributed by atoms with E-state index < -0.39 is 10.0 Å². The molecule has 3 rings (SSSR count). The molecule has 30 heavy (non-hydrogen) atoms. The van der Waals surface area contributed by atoms with Crippen molar-refractivity contribution < 1.29 is 13.2 Å². The maximum atomic E-state index is 12.7. The van der Waals surface area contributed by atoms with Gasteiger partial charge in [-0.05, 0) is 73.0 Å². The van der Waals surface area contributed by atoms with Crippen LogP contribution in [0.15, 0.2) is 77.7 Å². The zero-order valence-corrected chi connectivity index (χ0v) is 18.3. The van der Waals surface area contributed by atoms with Crippen molar-refractivity contribution in [1.82, 2.24) is 5.32 Å². The molecule has 0 bridgehead atoms. The van der Waals surface area contributed by atoms with Gasteiger partial charge in [0.2, 0.25) is 0 Å². The molecule has 0 saturated carbocycles. The highest BCUT2D eigenvalue weighted by Crippen LogP contribution is 2.22. The number of benzene rings is 3. The van der Waals surface area contributed by atoms with Gasteiger partial charge in [0, 0.05) is 16.3 Å². The molecule has 1 amide bonds. The third-order valence-corrected chi connectivity index (χ3v) is 6.45. The van der Waals surface area contributed by atoms with Crippen molar-refractivity contribution in [3.8, 4) is 0 Å². The van der Waals surface area contributed by atoms with E-state index in [1.165, 1.54) is 24.3 Å². The van der Waals surface area contributed by atoms with Crippen molar-refractivity contribution in [2.75, 3.05) is 4.72 Å². The maximum Gasteiger partial charge on any atom is 0.261 e. The van der Waals surface area contributed by atoms with E-state index >= 15 is 0 Å². The van der Waals surface area contributed by atoms with Gasteiger partial charge in [-0.25, -0.2) is 8.42 Å². The minimum atomic E-state index is -3.74. The van der Waals surface area contributed by atoms with Crippen molar-refractivity contribution in [1.29, 1.82) is 0 Å². The lowest BCUT2D eigenvalue weighted by Crippen LogP contribution is -2.28. The standard InChI is InChI=1S/C23H23ClN2O3S/c1-3-22(21-7-5-4-6-16(21)2)25-23(27)17-8-12-19(13-9-17)26-30(28,29)20-14-10-18(24)11-15-20/h4-15,22,26H,3H2,1-2H3,(H,25,27)/t22-/m1/s1. The lowest BCUT2D eigenvalue weighted by molar-refractivity contribution is 0.0935. The minimum Gasteiger partial charge on any atom is -0.345 e. The fraction of sp³-hybridized carbons (Fsp3) is 0.174. The number of sulfonamides is 1. The van der Waals surface area contributed by atoms with Gasteiger partial charge in [0.05, 0.1) is 10.9 Å². The molecular weight excluding hydrogens is 420 g/mol. The van der Waals surface area contributed by atoms with Crippen LogP contribution in [0.4, 0.5) is 5.69 Å². The summed E-state index contributed by atoms with van der Waals surface area (Å²) >= 11 is 5.81. The molecule has 0 unspecified atom stereocenters. The first-order chi connectivity index (χ1) is 14.3. The zero-order valence-electron chi connectivity index (χ0n) is 16.7. The lowest BCUT2D eigenvalue weighted by Gasteiger charge is -2.19. The summed E-state index contributed by atoms with van der Waals surface area (Å²) in [6, 6.07) is 20.1. The van der Waals surface area contributed by atoms with E-state index in [0.717, 1.165) is 17.5 Å². The first kappa shape index (κ1) is 21.9. The topological polar surface area (TPSA) is 75.3 Å². The molecule has 0 fully saturated rings. The summed E-state index contributed by atoms with van der Waals surface area (Å²) in [6.45, 7) is 4.04. The molecule has 0 aliphatic heterocycles. The summed E-state index contributed by atoms with van der Waals surface area (Å²) in [7, 11) is -3.74. The Morgan fingerprint density at radius 2 is 1.60 bits per heavy atom. The number of nitrogens with one attached hydrogen (secondary N) is 2. The average Bonchev–Trinajstić information content (AvgIpc) is 2.73. The second-order valence-electron chi connectivity index (χ2n) is 6.93. The van der Waals surface area contributed by atoms with Crippen LogP contribution in [0.3, 0.4) is 0 Å². The van der Waals surface area contributed by atoms with Crippen molar-refractivity contribution in [2.24, 2.45) is 0 Å². The Morgan fingerprint density at radius 3 is 2.20 bits per heavy atom. The van der Waals surface area contributed by atoms with Gasteiger partial charge in [-0.3, -0.25) is 9.52 Å². The number of halogens is 1. The van der Waals surface area contributed by atoms with Gasteiger partial charge in [0.1, 0.15) is 0 Å². The van der Waals surface area contributed by atoms with Gasteiger partial charge >= 0.3 is 0 Å². The smallest absolute Gasteiger partial charge is 0.261 e. The number of hydrogen-bond donors (Lipinski definition) is 2. The monoisotopic (exact) mass is 442 g/mol. The molecule has 3 aromatic rings. The molecular formula is C23H23ClN2O3S. The van der Waals surface area contributed by atoms with Crippen LogP contribution in [-0.2, 0) is 10.0 Å². The normalized spacial score (nSPS) is 12.2. The molecule has 7 heteroatoms. The van der Waals surface area contributed by atoms with Gasteiger partial charge in [0.15, 0.2) is 0 Å². The molecule has 1 atom stereocenters. The van der Waals surface area contributed by atoms with Crippen LogP contribution in [0, 0.1) is 6.92 Å². The summed E-state index contributed by atoms with van der Waals surface area (Å²) < 4.78 is 27.4. The summed E-state index contributed by atoms with van der Waals surface area (Å²) in [5.74, 6) is -0.211. The third kappa shape index (κ3) is 5.20. The van der Waals surface area contributed by atoms with Gasteiger partial charge < -0.3 is 5.32 Å². The number of amides is 1. The zero-order chi connectivity index (χ0) is 21.7. The highest BCUT2D eigenvalue weighted by atomic mass is 35.5. The molecule has 0 radical (unpaired) electrons. The lowest BCUT2D eigenvalue weighted by atomic mass is 9.99. The summed E-state index contributed by atoms with van der Waals surface area (Å²) in [5, 5.41) is 3.51. The number of aryl methyl sites for hydroxylation is 1. The molecule has 3 aromatic carbocycles. The number of carbonyl (C=O) groups excluding carboxylic acids is 1. The Hall–Kier alpha value is -2.83. The molecule has 156 valence electrons. The first-order valence-electron chi connectivity index (χ1n) is 9.55. The van der Waals surface area contributed by atoms with Crippen LogP contribution in [0.25, 0.3) is 0 Å². The maximum absolute atomic E-state index is 12.7. The predicted octanol–water partition coefficient (Wildman–Crippen LogP) is 5.33. The van der Waals surface area contributed by atoms with Crippen LogP contribution < -0.4 is 10.0 Å². The Kier molecular flexibility index (Phi) is 6.80. The van der Waals surface area contributed by atoms with Crippen LogP contribution in [0.1, 0.15) is 40.9 Å². The Labute approximate surface area is 182 Å². The second-order valence-corrected chi connectivity index (χ2v) is 9.05. The quantitative estimate of drug-likeness (QED) is 0.519. The van der Waals surface area contributed by atoms with E-state index in [0.29, 0.717) is 16.3 Å². The molecule has 0 aliphatic carbocycles. The fourth-order valence-corrected chi connectivity index (χ4v) is 4.32. The molecule has 0 aliphatic rings. The fourth-order valence-electron chi connectivity index (χ4n) is 3.14. The van der Waals surface area contributed by atoms with Crippen LogP contribution in [-0.4, -0.2) is 14.3 Å². The number of anilines is 1. The van der Waals surface area contributed by atoms with E-state index in [1.807, 2.05) is 38.1 Å². The first-order valence-corrected chi connectivity index (χ1v) is 11.4. The van der Waals surface area contributed by atoms with E-state index in [-0.39, 0.29) is 16.8 Å². The Balaban J connectivity index is 1.71. The Bertz CT molecular complexity index is 1130. The molecule has 0 spiro atoms. The van der Waals surface area contributed by atoms with Gasteiger partial charge in [-0.15, -0.1) is 0 Å². The highest BCUT2D eigenvalue weighted by molar-refractivity contribution is 7.92. The summed E-state index contributed by atoms with van der Waals surface area (Å²) in [4.78, 5) is 12.8. The number of rotatable bonds is 7. The molecule has 0 aromatic heterocycles. The largest absolute Gasteiger partial charge is 0.345 e. The molecule has 0 heterocycles. The van der Waals surface area contributed by atoms with Gasteiger partial charge in [-0.1, -0.05) is 42.8 Å². The van der Waals surface area contributed by atoms with E-state index in [1.54, 1.807) is 24.3 Å². The van der Waals surface area contributed by atoms with E-state index in [4.69, 9.17) is 11.6 Å². The predicted molar refractivity (Wildman–Crippen MR) is 120 cm³/mol. The van der Waals surface area contributed by atoms with Crippen LogP contribution in [0.5, 0.6) is 0 Å². The molecule has 2 N–H and O–H groups in total. The van der Waals surface area contributed by atoms with Gasteiger partial charge in [-0.2, -0.15) is 0 Å². The SMILES string of the molecule is CC[C@@H](NC(=O)c1ccc(NS(=O)(=O)c2ccc(Cl)cc2)cc1)c1ccccc1C. The van der Waals surface area contributed by atoms with E-state index in [2.05, 4.69) is 10.0 Å². The minimum absolute atomic E-state index is 0.0956. The number of hydrogen-bond acceptors (Lipinski definition) is 3. The average molecular weight is 443 g/mol. The Morgan fingerprint density at radius 1 is 0.967 bits per heavy atom. The number of carbonyl (C=O) groups is 1. The van der Waals surface area contributed by atoms with Crippen molar-refractivity contribution in [2.45, 2.75) is 31.2 Å². The van der Waals surface area contributed by atoms with Gasteiger partial charge in [0.25, 0.3) is 15.9 Å². The summed E-state index contributed by atoms with van der Waals surface area (Å²) in [5.41, 5.74) is 3.03. The van der Waals surface area contributed by atoms with Crippen molar-refractivity contribution in [3.05, 3.63) is 94.5 Å². The van der Waals surface area contributed by atoms with E-state index in [9.17, 15) is 13.2 Å². The second kappa shape index (κ2) is 9.32. The van der Waals surface area contributed by atoms with Crippen molar-refractivity contribution >= 4 is 33.2 Å². The molecule has 5 nitrogen and oxygen atoms in total. The highest BCUT2D eigenvalue weighted by Gasteiger charge is 2.17. The van der Waals surface area contributed by atoms with Crippen molar-refractivity contribution in [3.63, 3.8) is 0 Å².